The Kier molecular flexibility index (Phi) is 31.2. The molecule has 490 valence electrons. The predicted molar refractivity (Wildman–Crippen MR) is 338 cm³/mol. The Balaban J connectivity index is 1.09. The number of carbonyl (C=O) groups excluding carboxylic acids is 1. The van der Waals surface area contributed by atoms with E-state index in [0.29, 0.717) is 47.1 Å². The van der Waals surface area contributed by atoms with Gasteiger partial charge in [-0.1, -0.05) is 134 Å². The summed E-state index contributed by atoms with van der Waals surface area (Å²) in [7, 11) is -14.3. The number of anilines is 1. The van der Waals surface area contributed by atoms with Crippen LogP contribution in [-0.2, 0) is 49.0 Å². The van der Waals surface area contributed by atoms with Crippen molar-refractivity contribution >= 4 is 53.1 Å². The van der Waals surface area contributed by atoms with Gasteiger partial charge in [0, 0.05) is 66.0 Å². The molecule has 7 atom stereocenters. The van der Waals surface area contributed by atoms with Crippen molar-refractivity contribution in [3.05, 3.63) is 72.1 Å². The fourth-order valence-electron chi connectivity index (χ4n) is 11.2. The maximum atomic E-state index is 13.7. The average Bonchev–Trinajstić information content (AvgIpc) is 0.776. The lowest BCUT2D eigenvalue weighted by Gasteiger charge is -2.41. The second-order valence-corrected chi connectivity index (χ2v) is 26.8. The van der Waals surface area contributed by atoms with Gasteiger partial charge in [-0.15, -0.1) is 0 Å². The Labute approximate surface area is 516 Å². The highest BCUT2D eigenvalue weighted by Gasteiger charge is 2.48. The number of ether oxygens (including phenoxy) is 2. The SMILES string of the molecule is CCCCCCCCCCCCC/C=C/[C@@H](O)[C@H](CO[C@@H]1O[C@H](CO)[C@H](O)[C@H](OS(=O)(=O)O)[C@H]1O)NC(=O)CCCCCCCCCCCNS(=O)(=O)c1ccc(-c2c3ccc(=[N+](CC)CC)cc-3oc3cc(N(CC)CC)ccc23)c(S(=O)(=O)O)c1. The fourth-order valence-corrected chi connectivity index (χ4v) is 13.6. The molecule has 2 aliphatic heterocycles. The number of allylic oxidation sites excluding steroid dienone is 1. The Bertz CT molecular complexity index is 3150. The lowest BCUT2D eigenvalue weighted by atomic mass is 9.93. The van der Waals surface area contributed by atoms with Gasteiger partial charge < -0.3 is 44.5 Å². The second-order valence-electron chi connectivity index (χ2n) is 22.6. The van der Waals surface area contributed by atoms with E-state index in [9.17, 15) is 59.6 Å². The van der Waals surface area contributed by atoms with Crippen LogP contribution < -0.4 is 24.9 Å². The number of aliphatic hydroxyl groups excluding tert-OH is 4. The van der Waals surface area contributed by atoms with E-state index in [-0.39, 0.29) is 29.3 Å². The molecule has 2 heterocycles. The van der Waals surface area contributed by atoms with Crippen LogP contribution in [0.25, 0.3) is 33.4 Å². The molecule has 8 N–H and O–H groups in total. The zero-order valence-corrected chi connectivity index (χ0v) is 54.1. The Hall–Kier alpha value is -4.41. The van der Waals surface area contributed by atoms with Crippen molar-refractivity contribution in [1.82, 2.24) is 14.6 Å². The number of hydrogen-bond donors (Lipinski definition) is 8. The number of aliphatic hydroxyl groups is 4. The highest BCUT2D eigenvalue weighted by molar-refractivity contribution is 7.89. The van der Waals surface area contributed by atoms with Gasteiger partial charge in [0.25, 0.3) is 10.1 Å². The average molecular weight is 1280 g/mol. The number of unbranched alkanes of at least 4 members (excludes halogenated alkanes) is 19. The first-order valence-electron chi connectivity index (χ1n) is 31.6. The third kappa shape index (κ3) is 23.1. The summed E-state index contributed by atoms with van der Waals surface area (Å²) in [5, 5.41) is 46.6. The van der Waals surface area contributed by atoms with Crippen molar-refractivity contribution < 1.29 is 77.7 Å². The number of carbonyl (C=O) groups is 1. The van der Waals surface area contributed by atoms with Gasteiger partial charge in [-0.3, -0.25) is 13.9 Å². The molecule has 87 heavy (non-hydrogen) atoms. The van der Waals surface area contributed by atoms with Crippen molar-refractivity contribution in [3.8, 4) is 22.5 Å². The number of benzene rings is 3. The normalized spacial score (nSPS) is 18.4. The van der Waals surface area contributed by atoms with Gasteiger partial charge in [0.1, 0.15) is 53.7 Å². The number of rotatable bonds is 42. The summed E-state index contributed by atoms with van der Waals surface area (Å²) >= 11 is 0. The highest BCUT2D eigenvalue weighted by atomic mass is 32.3. The number of hydrogen-bond acceptors (Lipinski definition) is 16. The molecule has 0 aromatic heterocycles. The van der Waals surface area contributed by atoms with Crippen LogP contribution in [0.2, 0.25) is 0 Å². The van der Waals surface area contributed by atoms with E-state index in [1.165, 1.54) is 63.5 Å². The maximum absolute atomic E-state index is 13.7. The molecule has 2 aromatic carbocycles. The van der Waals surface area contributed by atoms with Gasteiger partial charge in [0.2, 0.25) is 21.3 Å². The summed E-state index contributed by atoms with van der Waals surface area (Å²) in [6.07, 6.45) is 14.3. The topological polar surface area (TPSA) is 312 Å². The molecule has 21 nitrogen and oxygen atoms in total. The standard InChI is InChI=1S/C63H98N4O17S3/c1-6-11-12-13-14-15-16-17-18-20-23-26-29-32-53(69)52(45-81-63-61(72)62(84-87(78,79)80)60(71)56(44-68)83-63)65-58(70)33-30-27-24-21-19-22-25-28-31-40-64-85(73,74)48-36-39-51(57(43-48)86(75,76)77)59-49-37-34-46(66(7-2)8-3)41-54(49)82-55-42-47(35-38-50(55)59)67(9-4)10-5/h29,32,34-39,41-43,52-53,56,60-64,68-69,71-72H,6-28,30-31,33,40,44-45H2,1-5H3,(H2-,65,70,75,76,77,78,79,80)/p+1/b32-29+/t52-,53+,56+,60-,61+,62-,63+/m0/s1. The van der Waals surface area contributed by atoms with Crippen LogP contribution in [0.5, 0.6) is 0 Å². The first-order chi connectivity index (χ1) is 41.6. The van der Waals surface area contributed by atoms with E-state index in [1.54, 1.807) is 6.08 Å². The van der Waals surface area contributed by atoms with E-state index >= 15 is 0 Å². The van der Waals surface area contributed by atoms with Crippen LogP contribution in [0.15, 0.2) is 81.0 Å². The number of fused-ring (bicyclic) bond motifs is 2. The minimum atomic E-state index is -5.15. The first kappa shape index (κ1) is 73.3. The van der Waals surface area contributed by atoms with Gasteiger partial charge in [-0.25, -0.2) is 21.9 Å². The van der Waals surface area contributed by atoms with E-state index < -0.39 is 91.5 Å². The number of sulfonamides is 1. The molecule has 1 fully saturated rings. The van der Waals surface area contributed by atoms with Crippen molar-refractivity contribution in [1.29, 1.82) is 0 Å². The lowest BCUT2D eigenvalue weighted by molar-refractivity contribution is -0.298. The van der Waals surface area contributed by atoms with Gasteiger partial charge in [0.15, 0.2) is 6.29 Å². The van der Waals surface area contributed by atoms with Crippen LogP contribution in [0.3, 0.4) is 0 Å². The molecule has 1 amide bonds. The van der Waals surface area contributed by atoms with Crippen molar-refractivity contribution in [2.75, 3.05) is 50.8 Å². The largest absolute Gasteiger partial charge is 0.456 e. The van der Waals surface area contributed by atoms with Crippen LogP contribution in [-0.4, -0.2) is 149 Å². The molecule has 2 aromatic rings. The maximum Gasteiger partial charge on any atom is 0.397 e. The molecule has 1 aliphatic carbocycles. The van der Waals surface area contributed by atoms with E-state index in [4.69, 9.17) is 13.9 Å². The fraction of sp³-hybridized carbons (Fsp3) is 0.651. The van der Waals surface area contributed by atoms with Gasteiger partial charge in [-0.2, -0.15) is 16.8 Å². The molecule has 1 saturated heterocycles. The molecule has 3 aliphatic rings. The Morgan fingerprint density at radius 2 is 1.32 bits per heavy atom. The van der Waals surface area contributed by atoms with Crippen LogP contribution >= 0.6 is 0 Å². The number of nitrogens with one attached hydrogen (secondary N) is 2. The molecule has 24 heteroatoms. The van der Waals surface area contributed by atoms with Gasteiger partial charge in [0.05, 0.1) is 36.3 Å². The van der Waals surface area contributed by atoms with E-state index in [0.717, 1.165) is 107 Å². The predicted octanol–water partition coefficient (Wildman–Crippen LogP) is 9.04. The summed E-state index contributed by atoms with van der Waals surface area (Å²) < 4.78 is 124. The summed E-state index contributed by atoms with van der Waals surface area (Å²) in [6, 6.07) is 14.1. The summed E-state index contributed by atoms with van der Waals surface area (Å²) in [6.45, 7) is 12.3. The number of nitrogens with zero attached hydrogens (tertiary/aromatic N) is 2. The first-order valence-corrected chi connectivity index (χ1v) is 35.9. The Morgan fingerprint density at radius 1 is 0.724 bits per heavy atom. The zero-order valence-electron chi connectivity index (χ0n) is 51.7. The molecule has 0 bridgehead atoms. The highest BCUT2D eigenvalue weighted by Crippen LogP contribution is 2.43. The summed E-state index contributed by atoms with van der Waals surface area (Å²) in [5.74, 6) is 0.128. The third-order valence-electron chi connectivity index (χ3n) is 16.2. The molecule has 0 saturated carbocycles. The Morgan fingerprint density at radius 3 is 1.91 bits per heavy atom. The van der Waals surface area contributed by atoms with E-state index in [1.807, 2.05) is 42.5 Å². The van der Waals surface area contributed by atoms with Crippen molar-refractivity contribution in [2.24, 2.45) is 0 Å². The van der Waals surface area contributed by atoms with Gasteiger partial charge >= 0.3 is 10.4 Å². The number of amides is 1. The third-order valence-corrected chi connectivity index (χ3v) is 19.0. The lowest BCUT2D eigenvalue weighted by Crippen LogP contribution is -2.61. The summed E-state index contributed by atoms with van der Waals surface area (Å²) in [5.41, 5.74) is 2.60. The molecule has 0 radical (unpaired) electrons. The van der Waals surface area contributed by atoms with Crippen LogP contribution in [0, 0.1) is 0 Å². The van der Waals surface area contributed by atoms with E-state index in [2.05, 4.69) is 58.3 Å². The minimum absolute atomic E-state index is 0.114. The smallest absolute Gasteiger partial charge is 0.397 e. The molecular formula is C63H99N4O17S3+. The summed E-state index contributed by atoms with van der Waals surface area (Å²) in [4.78, 5) is 14.6. The van der Waals surface area contributed by atoms with Crippen molar-refractivity contribution in [2.45, 2.75) is 229 Å². The van der Waals surface area contributed by atoms with Crippen LogP contribution in [0.4, 0.5) is 5.69 Å². The molecular weight excluding hydrogens is 1180 g/mol. The zero-order chi connectivity index (χ0) is 63.6. The monoisotopic (exact) mass is 1280 g/mol. The van der Waals surface area contributed by atoms with Crippen molar-refractivity contribution in [3.63, 3.8) is 0 Å². The van der Waals surface area contributed by atoms with Crippen LogP contribution in [0.1, 0.15) is 176 Å². The molecule has 0 spiro atoms. The quantitative estimate of drug-likeness (QED) is 0.00674. The molecule has 5 rings (SSSR count). The van der Waals surface area contributed by atoms with Gasteiger partial charge in [-0.05, 0) is 83.7 Å². The minimum Gasteiger partial charge on any atom is -0.456 e. The second kappa shape index (κ2) is 37.1. The molecule has 0 unspecified atom stereocenters.